The number of amidine groups is 1. The predicted molar refractivity (Wildman–Crippen MR) is 147 cm³/mol. The van der Waals surface area contributed by atoms with Crippen LogP contribution in [0.5, 0.6) is 5.75 Å². The molecule has 1 saturated heterocycles. The van der Waals surface area contributed by atoms with Crippen LogP contribution in [0.4, 0.5) is 0 Å². The third-order valence-electron chi connectivity index (χ3n) is 5.67. The van der Waals surface area contributed by atoms with Crippen LogP contribution >= 0.6 is 10.6 Å². The van der Waals surface area contributed by atoms with Gasteiger partial charge in [-0.25, -0.2) is 14.6 Å². The van der Waals surface area contributed by atoms with Crippen molar-refractivity contribution in [2.75, 3.05) is 0 Å². The maximum atomic E-state index is 12.0. The number of hydrogen-bond donors (Lipinski definition) is 3. The Kier molecular flexibility index (Phi) is 7.55. The predicted octanol–water partition coefficient (Wildman–Crippen LogP) is 3.00. The number of nitrogens with zero attached hydrogens (tertiary/aromatic N) is 2. The molecule has 206 valence electrons. The molecule has 1 spiro atoms. The number of carbonyl (C=O) groups excluding carboxylic acids is 3. The summed E-state index contributed by atoms with van der Waals surface area (Å²) < 4.78 is 22.2. The highest BCUT2D eigenvalue weighted by Crippen LogP contribution is 2.60. The number of ether oxygens (including phenoxy) is 1. The first-order valence-corrected chi connectivity index (χ1v) is 13.6. The Labute approximate surface area is 230 Å². The first-order chi connectivity index (χ1) is 19.3. The summed E-state index contributed by atoms with van der Waals surface area (Å²) >= 11 is 0. The van der Waals surface area contributed by atoms with Gasteiger partial charge in [-0.1, -0.05) is 42.5 Å². The normalized spacial score (nSPS) is 17.7. The molecule has 1 amide bonds. The summed E-state index contributed by atoms with van der Waals surface area (Å²) in [5, 5.41) is 7.04. The molecule has 13 heteroatoms. The number of nitrogens with one attached hydrogen (secondary N) is 2. The maximum Gasteiger partial charge on any atom is 0.442 e. The van der Waals surface area contributed by atoms with Crippen LogP contribution in [0.3, 0.4) is 0 Å². The number of aliphatic imine (C=N–C) groups is 2. The molecule has 2 aliphatic heterocycles. The molecular weight excluding hydrogens is 538 g/mol. The van der Waals surface area contributed by atoms with Gasteiger partial charge in [0.25, 0.3) is 0 Å². The molecule has 0 saturated carbocycles. The fraction of sp³-hybridized carbons (Fsp3) is 0.148. The second-order valence-corrected chi connectivity index (χ2v) is 10.6. The maximum absolute atomic E-state index is 12.0. The lowest BCUT2D eigenvalue weighted by atomic mass is 10.1. The molecule has 40 heavy (non-hydrogen) atoms. The van der Waals surface area contributed by atoms with Gasteiger partial charge in [-0.05, 0) is 46.0 Å². The quantitative estimate of drug-likeness (QED) is 0.212. The molecule has 3 aromatic rings. The van der Waals surface area contributed by atoms with Crippen LogP contribution in [0.2, 0.25) is 0 Å². The van der Waals surface area contributed by atoms with Gasteiger partial charge in [0.15, 0.2) is 5.76 Å². The number of guanidine groups is 1. The van der Waals surface area contributed by atoms with E-state index in [1.165, 1.54) is 12.3 Å². The third-order valence-corrected chi connectivity index (χ3v) is 7.75. The lowest BCUT2D eigenvalue weighted by molar-refractivity contribution is -0.150. The summed E-state index contributed by atoms with van der Waals surface area (Å²) in [6, 6.07) is 20.4. The zero-order valence-corrected chi connectivity index (χ0v) is 22.1. The van der Waals surface area contributed by atoms with E-state index < -0.39 is 22.5 Å². The van der Waals surface area contributed by atoms with Crippen molar-refractivity contribution in [1.82, 2.24) is 10.6 Å². The van der Waals surface area contributed by atoms with Gasteiger partial charge in [-0.3, -0.25) is 4.79 Å². The van der Waals surface area contributed by atoms with Crippen molar-refractivity contribution in [2.45, 2.75) is 26.6 Å². The Morgan fingerprint density at radius 3 is 2.42 bits per heavy atom. The van der Waals surface area contributed by atoms with E-state index in [4.69, 9.17) is 23.3 Å². The molecule has 0 radical (unpaired) electrons. The van der Waals surface area contributed by atoms with Gasteiger partial charge in [-0.15, -0.1) is 0 Å². The van der Waals surface area contributed by atoms with E-state index in [2.05, 4.69) is 20.6 Å². The van der Waals surface area contributed by atoms with Gasteiger partial charge in [0.1, 0.15) is 23.8 Å². The number of furan rings is 1. The number of hydrogen-bond acceptors (Lipinski definition) is 8. The molecule has 0 atom stereocenters. The van der Waals surface area contributed by atoms with E-state index in [0.717, 1.165) is 16.9 Å². The van der Waals surface area contributed by atoms with Crippen LogP contribution in [0.25, 0.3) is 5.70 Å². The van der Waals surface area contributed by atoms with Crippen LogP contribution in [-0.4, -0.2) is 29.0 Å². The van der Waals surface area contributed by atoms with Crippen LogP contribution in [0.1, 0.15) is 29.6 Å². The molecule has 4 N–H and O–H groups in total. The number of rotatable bonds is 8. The first kappa shape index (κ1) is 26.6. The van der Waals surface area contributed by atoms with E-state index in [0.29, 0.717) is 23.8 Å². The van der Waals surface area contributed by atoms with Gasteiger partial charge in [0.2, 0.25) is 17.0 Å². The smallest absolute Gasteiger partial charge is 0.442 e. The zero-order valence-electron chi connectivity index (χ0n) is 21.3. The summed E-state index contributed by atoms with van der Waals surface area (Å²) in [6.45, 7) is 2.12. The van der Waals surface area contributed by atoms with Crippen molar-refractivity contribution in [2.24, 2.45) is 15.7 Å². The molecule has 3 heterocycles. The van der Waals surface area contributed by atoms with E-state index in [9.17, 15) is 14.4 Å². The Hall–Kier alpha value is -5.04. The zero-order chi connectivity index (χ0) is 28.1. The highest BCUT2D eigenvalue weighted by atomic mass is 32.3. The van der Waals surface area contributed by atoms with Gasteiger partial charge in [0, 0.05) is 6.92 Å². The van der Waals surface area contributed by atoms with Gasteiger partial charge < -0.3 is 33.9 Å². The second kappa shape index (κ2) is 11.4. The van der Waals surface area contributed by atoms with E-state index in [1.807, 2.05) is 54.6 Å². The summed E-state index contributed by atoms with van der Waals surface area (Å²) in [4.78, 5) is 43.8. The summed E-state index contributed by atoms with van der Waals surface area (Å²) in [5.41, 5.74) is 8.28. The lowest BCUT2D eigenvalue weighted by Gasteiger charge is -2.26. The number of amides is 1. The fourth-order valence-corrected chi connectivity index (χ4v) is 5.68. The molecule has 2 aliphatic rings. The van der Waals surface area contributed by atoms with Gasteiger partial charge >= 0.3 is 11.9 Å². The van der Waals surface area contributed by atoms with E-state index >= 15 is 0 Å². The molecule has 1 fully saturated rings. The number of para-hydroxylation sites is 1. The number of carbonyl (C=O) groups is 3. The molecule has 5 rings (SSSR count). The van der Waals surface area contributed by atoms with Crippen LogP contribution in [0.15, 0.2) is 86.5 Å². The molecule has 1 aromatic heterocycles. The van der Waals surface area contributed by atoms with Crippen molar-refractivity contribution in [1.29, 1.82) is 0 Å². The number of nitrogens with two attached hydrogens (primary N) is 1. The molecule has 2 aromatic carbocycles. The molecule has 0 bridgehead atoms. The SMILES string of the molecule is CC(=O)NCc1ccc(C2=CS3(OC(=O)C(=O)O3)/C(=N/C(N)=NCc3ccccc3COc3ccccc3)N2)o1. The van der Waals surface area contributed by atoms with Crippen LogP contribution in [-0.2, 0) is 42.4 Å². The standard InChI is InChI=1S/C27H25N5O7S/c1-17(33)29-14-21-11-12-23(37-21)22-16-40(38-24(34)25(35)39-40)27(31-22)32-26(28)30-13-18-7-5-6-8-19(18)15-36-20-9-3-2-4-10-20/h2-12,16H,13-15H2,1H3,(H,29,33)(H3,28,30,31,32). The van der Waals surface area contributed by atoms with Crippen molar-refractivity contribution in [3.8, 4) is 5.75 Å². The molecule has 0 aliphatic carbocycles. The molecule has 12 nitrogen and oxygen atoms in total. The van der Waals surface area contributed by atoms with Gasteiger partial charge in [-0.2, -0.15) is 4.99 Å². The molecular formula is C27H25N5O7S. The highest BCUT2D eigenvalue weighted by molar-refractivity contribution is 8.41. The van der Waals surface area contributed by atoms with Crippen molar-refractivity contribution < 1.29 is 31.9 Å². The largest absolute Gasteiger partial charge is 0.489 e. The molecule has 0 unspecified atom stereocenters. The Morgan fingerprint density at radius 2 is 1.70 bits per heavy atom. The van der Waals surface area contributed by atoms with Gasteiger partial charge in [0.05, 0.1) is 18.5 Å². The minimum atomic E-state index is -3.04. The van der Waals surface area contributed by atoms with Crippen molar-refractivity contribution in [3.05, 3.63) is 94.8 Å². The number of benzene rings is 2. The second-order valence-electron chi connectivity index (χ2n) is 8.58. The highest BCUT2D eigenvalue weighted by Gasteiger charge is 2.49. The first-order valence-electron chi connectivity index (χ1n) is 12.1. The average molecular weight is 564 g/mol. The van der Waals surface area contributed by atoms with Crippen LogP contribution < -0.4 is 21.1 Å². The van der Waals surface area contributed by atoms with Crippen LogP contribution in [0, 0.1) is 0 Å². The average Bonchev–Trinajstić information content (AvgIpc) is 3.63. The topological polar surface area (TPSA) is 167 Å². The third kappa shape index (κ3) is 5.99. The Bertz CT molecular complexity index is 1530. The van der Waals surface area contributed by atoms with Crippen molar-refractivity contribution in [3.63, 3.8) is 0 Å². The Balaban J connectivity index is 1.34. The lowest BCUT2D eigenvalue weighted by Crippen LogP contribution is -2.24. The summed E-state index contributed by atoms with van der Waals surface area (Å²) in [6.07, 6.45) is 0. The minimum Gasteiger partial charge on any atom is -0.489 e. The minimum absolute atomic E-state index is 0.00320. The summed E-state index contributed by atoms with van der Waals surface area (Å²) in [7, 11) is -3.04. The fourth-order valence-electron chi connectivity index (χ4n) is 3.74. The monoisotopic (exact) mass is 563 g/mol. The van der Waals surface area contributed by atoms with Crippen molar-refractivity contribution >= 4 is 45.3 Å². The summed E-state index contributed by atoms with van der Waals surface area (Å²) in [5.74, 6) is -1.05. The van der Waals surface area contributed by atoms with E-state index in [-0.39, 0.29) is 30.1 Å². The van der Waals surface area contributed by atoms with E-state index in [1.54, 1.807) is 12.1 Å². The Morgan fingerprint density at radius 1 is 1.00 bits per heavy atom.